The third-order valence-electron chi connectivity index (χ3n) is 3.39. The molecule has 1 aliphatic rings. The fourth-order valence-corrected chi connectivity index (χ4v) is 2.13. The monoisotopic (exact) mass is 312 g/mol. The van der Waals surface area contributed by atoms with Crippen molar-refractivity contribution in [1.82, 2.24) is 4.90 Å². The summed E-state index contributed by atoms with van der Waals surface area (Å²) in [4.78, 5) is 25.8. The highest BCUT2D eigenvalue weighted by molar-refractivity contribution is 5.79. The molecule has 0 N–H and O–H groups in total. The van der Waals surface area contributed by atoms with Gasteiger partial charge in [-0.15, -0.1) is 0 Å². The predicted molar refractivity (Wildman–Crippen MR) is 77.9 cm³/mol. The highest BCUT2D eigenvalue weighted by atomic mass is 16.6. The van der Waals surface area contributed by atoms with E-state index in [9.17, 15) is 9.59 Å². The van der Waals surface area contributed by atoms with Gasteiger partial charge in [0, 0.05) is 12.6 Å². The lowest BCUT2D eigenvalue weighted by Crippen LogP contribution is -2.59. The van der Waals surface area contributed by atoms with Crippen molar-refractivity contribution in [2.24, 2.45) is 5.41 Å². The zero-order valence-electron chi connectivity index (χ0n) is 13.8. The van der Waals surface area contributed by atoms with E-state index in [1.165, 1.54) is 12.0 Å². The molecule has 0 aromatic rings. The number of carbonyl (C=O) groups is 2. The number of nitrogens with zero attached hydrogens (tertiary/aromatic N) is 2. The van der Waals surface area contributed by atoms with Gasteiger partial charge < -0.3 is 19.1 Å². The summed E-state index contributed by atoms with van der Waals surface area (Å²) in [6.07, 6.45) is -0.400. The van der Waals surface area contributed by atoms with Gasteiger partial charge in [0.2, 0.25) is 0 Å². The summed E-state index contributed by atoms with van der Waals surface area (Å²) in [6.45, 7) is 7.54. The van der Waals surface area contributed by atoms with E-state index in [4.69, 9.17) is 19.5 Å². The maximum absolute atomic E-state index is 12.4. The molecule has 0 aliphatic carbocycles. The molecule has 7 heteroatoms. The second kappa shape index (κ2) is 6.97. The molecule has 124 valence electrons. The summed E-state index contributed by atoms with van der Waals surface area (Å²) in [6, 6.07) is 1.66. The smallest absolute Gasteiger partial charge is 0.410 e. The van der Waals surface area contributed by atoms with E-state index in [-0.39, 0.29) is 32.2 Å². The summed E-state index contributed by atoms with van der Waals surface area (Å²) >= 11 is 0. The van der Waals surface area contributed by atoms with Gasteiger partial charge in [0.1, 0.15) is 11.0 Å². The lowest BCUT2D eigenvalue weighted by Gasteiger charge is -2.43. The first-order valence-electron chi connectivity index (χ1n) is 7.18. The molecule has 0 bridgehead atoms. The van der Waals surface area contributed by atoms with E-state index in [0.717, 1.165) is 0 Å². The molecular weight excluding hydrogens is 288 g/mol. The minimum absolute atomic E-state index is 0.109. The highest BCUT2D eigenvalue weighted by Crippen LogP contribution is 2.31. The number of rotatable bonds is 5. The van der Waals surface area contributed by atoms with Crippen LogP contribution < -0.4 is 0 Å². The molecule has 1 saturated heterocycles. The summed E-state index contributed by atoms with van der Waals surface area (Å²) in [5, 5.41) is 8.88. The van der Waals surface area contributed by atoms with Crippen LogP contribution >= 0.6 is 0 Å². The molecule has 1 fully saturated rings. The summed E-state index contributed by atoms with van der Waals surface area (Å²) in [5.41, 5.74) is -1.54. The molecule has 0 spiro atoms. The van der Waals surface area contributed by atoms with E-state index >= 15 is 0 Å². The quantitative estimate of drug-likeness (QED) is 0.718. The van der Waals surface area contributed by atoms with E-state index < -0.39 is 23.1 Å². The molecule has 1 amide bonds. The molecule has 1 rings (SSSR count). The van der Waals surface area contributed by atoms with Crippen LogP contribution in [0.2, 0.25) is 0 Å². The van der Waals surface area contributed by atoms with Gasteiger partial charge in [0.05, 0.1) is 32.8 Å². The normalized spacial score (nSPS) is 17.6. The molecule has 0 aromatic heterocycles. The van der Waals surface area contributed by atoms with Gasteiger partial charge in [-0.05, 0) is 27.7 Å². The molecule has 0 aromatic carbocycles. The van der Waals surface area contributed by atoms with Gasteiger partial charge in [-0.25, -0.2) is 4.79 Å². The van der Waals surface area contributed by atoms with Crippen LogP contribution in [0.25, 0.3) is 0 Å². The van der Waals surface area contributed by atoms with E-state index in [2.05, 4.69) is 0 Å². The van der Waals surface area contributed by atoms with Gasteiger partial charge in [0.15, 0.2) is 0 Å². The first-order valence-corrected chi connectivity index (χ1v) is 7.18. The standard InChI is InChI=1S/C15H24N2O5/c1-11(6-7-16)17(13(19)22-14(2,3)4)8-15(9-21-10-15)12(18)20-5/h11H,6,8-10H2,1-5H3/t11-/m0/s1. The fourth-order valence-electron chi connectivity index (χ4n) is 2.13. The Morgan fingerprint density at radius 2 is 2.00 bits per heavy atom. The van der Waals surface area contributed by atoms with Gasteiger partial charge >= 0.3 is 12.1 Å². The first-order chi connectivity index (χ1) is 10.1. The van der Waals surface area contributed by atoms with Gasteiger partial charge in [-0.1, -0.05) is 0 Å². The number of amides is 1. The maximum Gasteiger partial charge on any atom is 0.410 e. The lowest BCUT2D eigenvalue weighted by molar-refractivity contribution is -0.186. The number of methoxy groups -OCH3 is 1. The number of carbonyl (C=O) groups excluding carboxylic acids is 2. The van der Waals surface area contributed by atoms with Crippen molar-refractivity contribution in [1.29, 1.82) is 5.26 Å². The van der Waals surface area contributed by atoms with Crippen molar-refractivity contribution in [3.8, 4) is 6.07 Å². The van der Waals surface area contributed by atoms with Crippen molar-refractivity contribution >= 4 is 12.1 Å². The molecule has 1 atom stereocenters. The van der Waals surface area contributed by atoms with Gasteiger partial charge in [0.25, 0.3) is 0 Å². The van der Waals surface area contributed by atoms with Crippen LogP contribution in [0, 0.1) is 16.7 Å². The number of nitriles is 1. The zero-order valence-corrected chi connectivity index (χ0v) is 13.8. The maximum atomic E-state index is 12.4. The summed E-state index contributed by atoms with van der Waals surface area (Å²) in [5.74, 6) is -0.420. The van der Waals surface area contributed by atoms with E-state index in [1.54, 1.807) is 27.7 Å². The molecule has 1 heterocycles. The number of ether oxygens (including phenoxy) is 3. The third-order valence-corrected chi connectivity index (χ3v) is 3.39. The Morgan fingerprint density at radius 1 is 1.41 bits per heavy atom. The van der Waals surface area contributed by atoms with Crippen molar-refractivity contribution in [2.45, 2.75) is 45.8 Å². The van der Waals surface area contributed by atoms with E-state index in [0.29, 0.717) is 0 Å². The minimum atomic E-state index is -0.880. The topological polar surface area (TPSA) is 88.9 Å². The van der Waals surface area contributed by atoms with Crippen LogP contribution in [0.5, 0.6) is 0 Å². The number of hydrogen-bond acceptors (Lipinski definition) is 6. The Kier molecular flexibility index (Phi) is 5.78. The highest BCUT2D eigenvalue weighted by Gasteiger charge is 2.50. The third kappa shape index (κ3) is 4.34. The zero-order chi connectivity index (χ0) is 17.0. The van der Waals surface area contributed by atoms with Crippen molar-refractivity contribution < 1.29 is 23.8 Å². The van der Waals surface area contributed by atoms with Crippen molar-refractivity contribution in [2.75, 3.05) is 26.9 Å². The molecule has 7 nitrogen and oxygen atoms in total. The van der Waals surface area contributed by atoms with Crippen LogP contribution in [0.3, 0.4) is 0 Å². The van der Waals surface area contributed by atoms with Crippen LogP contribution in [0.4, 0.5) is 4.79 Å². The van der Waals surface area contributed by atoms with Crippen LogP contribution in [-0.2, 0) is 19.0 Å². The predicted octanol–water partition coefficient (Wildman–Crippen LogP) is 1.72. The Bertz CT molecular complexity index is 460. The minimum Gasteiger partial charge on any atom is -0.468 e. The first kappa shape index (κ1) is 18.2. The van der Waals surface area contributed by atoms with Crippen molar-refractivity contribution in [3.63, 3.8) is 0 Å². The van der Waals surface area contributed by atoms with Crippen LogP contribution in [0.1, 0.15) is 34.1 Å². The number of esters is 1. The Labute approximate surface area is 131 Å². The van der Waals surface area contributed by atoms with E-state index in [1.807, 2.05) is 6.07 Å². The average molecular weight is 312 g/mol. The molecule has 22 heavy (non-hydrogen) atoms. The number of hydrogen-bond donors (Lipinski definition) is 0. The van der Waals surface area contributed by atoms with Crippen molar-refractivity contribution in [3.05, 3.63) is 0 Å². The summed E-state index contributed by atoms with van der Waals surface area (Å²) < 4.78 is 15.3. The Balaban J connectivity index is 2.93. The molecular formula is C15H24N2O5. The van der Waals surface area contributed by atoms with Crippen LogP contribution in [-0.4, -0.2) is 55.5 Å². The Morgan fingerprint density at radius 3 is 2.36 bits per heavy atom. The average Bonchev–Trinajstić information content (AvgIpc) is 2.35. The molecule has 0 unspecified atom stereocenters. The fraction of sp³-hybridized carbons (Fsp3) is 0.800. The second-order valence-corrected chi connectivity index (χ2v) is 6.58. The molecule has 1 aliphatic heterocycles. The van der Waals surface area contributed by atoms with Crippen LogP contribution in [0.15, 0.2) is 0 Å². The van der Waals surface area contributed by atoms with Gasteiger partial charge in [-0.3, -0.25) is 4.79 Å². The second-order valence-electron chi connectivity index (χ2n) is 6.58. The largest absolute Gasteiger partial charge is 0.468 e. The summed E-state index contributed by atoms with van der Waals surface area (Å²) in [7, 11) is 1.30. The lowest BCUT2D eigenvalue weighted by atomic mass is 9.85. The molecule has 0 saturated carbocycles. The Hall–Kier alpha value is -1.81. The molecule has 0 radical (unpaired) electrons. The van der Waals surface area contributed by atoms with Gasteiger partial charge in [-0.2, -0.15) is 5.26 Å². The SMILES string of the molecule is COC(=O)C1(CN(C(=O)OC(C)(C)C)[C@@H](C)CC#N)COC1.